The minimum Gasteiger partial charge on any atom is -0.391 e. The molecule has 1 heterocycles. The first kappa shape index (κ1) is 16.9. The van der Waals surface area contributed by atoms with Gasteiger partial charge in [0.1, 0.15) is 0 Å². The second-order valence-electron chi connectivity index (χ2n) is 5.83. The van der Waals surface area contributed by atoms with Crippen LogP contribution in [0.4, 0.5) is 0 Å². The average Bonchev–Trinajstić information content (AvgIpc) is 2.88. The number of nitrogens with one attached hydrogen (secondary N) is 1. The summed E-state index contributed by atoms with van der Waals surface area (Å²) in [7, 11) is -3.49. The van der Waals surface area contributed by atoms with E-state index in [9.17, 15) is 8.42 Å². The number of rotatable bonds is 6. The van der Waals surface area contributed by atoms with Gasteiger partial charge in [-0.25, -0.2) is 13.1 Å². The summed E-state index contributed by atoms with van der Waals surface area (Å²) in [5, 5.41) is 9.17. The van der Waals surface area contributed by atoms with Crippen molar-refractivity contribution in [2.75, 3.05) is 0 Å². The van der Waals surface area contributed by atoms with Crippen molar-refractivity contribution < 1.29 is 13.5 Å². The van der Waals surface area contributed by atoms with Crippen molar-refractivity contribution in [3.63, 3.8) is 0 Å². The molecule has 0 bridgehead atoms. The molecule has 0 radical (unpaired) electrons. The van der Waals surface area contributed by atoms with Crippen molar-refractivity contribution in [1.82, 2.24) is 4.72 Å². The highest BCUT2D eigenvalue weighted by atomic mass is 32.2. The summed E-state index contributed by atoms with van der Waals surface area (Å²) in [6.07, 6.45) is 6.73. The first-order chi connectivity index (χ1) is 9.97. The van der Waals surface area contributed by atoms with Crippen LogP contribution in [0, 0.1) is 12.8 Å². The van der Waals surface area contributed by atoms with E-state index in [1.54, 1.807) is 13.0 Å². The van der Waals surface area contributed by atoms with Crippen LogP contribution >= 0.6 is 11.3 Å². The number of thiophene rings is 1. The van der Waals surface area contributed by atoms with Crippen molar-refractivity contribution in [3.8, 4) is 0 Å². The van der Waals surface area contributed by atoms with Crippen LogP contribution in [0.3, 0.4) is 0 Å². The molecule has 120 valence electrons. The Kier molecular flexibility index (Phi) is 5.82. The summed E-state index contributed by atoms with van der Waals surface area (Å²) in [6.45, 7) is 3.72. The predicted octanol–water partition coefficient (Wildman–Crippen LogP) is 3.19. The quantitative estimate of drug-likeness (QED) is 0.841. The molecule has 0 aromatic carbocycles. The van der Waals surface area contributed by atoms with Crippen molar-refractivity contribution in [2.45, 2.75) is 69.9 Å². The monoisotopic (exact) mass is 331 g/mol. The SMILES string of the molecule is CCC(NS(=O)(=O)c1cc(CO)sc1C)C1CCCCC1. The van der Waals surface area contributed by atoms with Gasteiger partial charge in [0, 0.05) is 15.8 Å². The maximum atomic E-state index is 12.6. The van der Waals surface area contributed by atoms with Gasteiger partial charge >= 0.3 is 0 Å². The Morgan fingerprint density at radius 1 is 1.38 bits per heavy atom. The summed E-state index contributed by atoms with van der Waals surface area (Å²) >= 11 is 1.34. The third kappa shape index (κ3) is 4.06. The zero-order valence-corrected chi connectivity index (χ0v) is 14.4. The summed E-state index contributed by atoms with van der Waals surface area (Å²) in [6, 6.07) is 1.61. The van der Waals surface area contributed by atoms with Gasteiger partial charge in [-0.2, -0.15) is 0 Å². The molecule has 6 heteroatoms. The summed E-state index contributed by atoms with van der Waals surface area (Å²) in [5.41, 5.74) is 0. The molecule has 0 spiro atoms. The van der Waals surface area contributed by atoms with Gasteiger partial charge in [0.2, 0.25) is 10.0 Å². The van der Waals surface area contributed by atoms with E-state index >= 15 is 0 Å². The average molecular weight is 332 g/mol. The molecule has 0 aliphatic heterocycles. The lowest BCUT2D eigenvalue weighted by molar-refractivity contribution is 0.284. The fourth-order valence-electron chi connectivity index (χ4n) is 3.18. The van der Waals surface area contributed by atoms with Crippen LogP contribution in [-0.2, 0) is 16.6 Å². The standard InChI is InChI=1S/C15H25NO3S2/c1-3-14(12-7-5-4-6-8-12)16-21(18,19)15-9-13(10-17)20-11(15)2/h9,12,14,16-17H,3-8,10H2,1-2H3. The maximum Gasteiger partial charge on any atom is 0.241 e. The molecular formula is C15H25NO3S2. The fraction of sp³-hybridized carbons (Fsp3) is 0.733. The number of aliphatic hydroxyl groups excluding tert-OH is 1. The van der Waals surface area contributed by atoms with Crippen LogP contribution in [0.25, 0.3) is 0 Å². The maximum absolute atomic E-state index is 12.6. The van der Waals surface area contributed by atoms with Crippen molar-refractivity contribution >= 4 is 21.4 Å². The number of sulfonamides is 1. The lowest BCUT2D eigenvalue weighted by Gasteiger charge is -2.30. The van der Waals surface area contributed by atoms with E-state index in [0.29, 0.717) is 15.7 Å². The Hall–Kier alpha value is -0.430. The fourth-order valence-corrected chi connectivity index (χ4v) is 6.06. The van der Waals surface area contributed by atoms with E-state index in [1.807, 2.05) is 6.92 Å². The molecule has 0 saturated heterocycles. The molecule has 4 nitrogen and oxygen atoms in total. The van der Waals surface area contributed by atoms with Crippen LogP contribution < -0.4 is 4.72 Å². The Bertz CT molecular complexity index is 559. The van der Waals surface area contributed by atoms with E-state index in [0.717, 1.165) is 24.1 Å². The van der Waals surface area contributed by atoms with Crippen molar-refractivity contribution in [3.05, 3.63) is 15.8 Å². The van der Waals surface area contributed by atoms with E-state index in [-0.39, 0.29) is 12.6 Å². The van der Waals surface area contributed by atoms with Crippen LogP contribution in [0.1, 0.15) is 55.2 Å². The number of hydrogen-bond acceptors (Lipinski definition) is 4. The predicted molar refractivity (Wildman–Crippen MR) is 86.0 cm³/mol. The molecule has 1 aromatic heterocycles. The largest absolute Gasteiger partial charge is 0.391 e. The smallest absolute Gasteiger partial charge is 0.241 e. The molecule has 21 heavy (non-hydrogen) atoms. The molecule has 1 aromatic rings. The summed E-state index contributed by atoms with van der Waals surface area (Å²) in [4.78, 5) is 1.76. The highest BCUT2D eigenvalue weighted by Crippen LogP contribution is 2.30. The van der Waals surface area contributed by atoms with Gasteiger partial charge in [0.15, 0.2) is 0 Å². The Morgan fingerprint density at radius 2 is 2.05 bits per heavy atom. The Morgan fingerprint density at radius 3 is 2.57 bits per heavy atom. The molecule has 1 unspecified atom stereocenters. The Labute approximate surface area is 131 Å². The van der Waals surface area contributed by atoms with E-state index < -0.39 is 10.0 Å². The minimum atomic E-state index is -3.49. The zero-order valence-electron chi connectivity index (χ0n) is 12.8. The molecule has 1 fully saturated rings. The van der Waals surface area contributed by atoms with Crippen molar-refractivity contribution in [2.24, 2.45) is 5.92 Å². The molecule has 2 rings (SSSR count). The second kappa shape index (κ2) is 7.22. The van der Waals surface area contributed by atoms with Crippen LogP contribution in [0.15, 0.2) is 11.0 Å². The van der Waals surface area contributed by atoms with Crippen molar-refractivity contribution in [1.29, 1.82) is 0 Å². The zero-order chi connectivity index (χ0) is 15.5. The topological polar surface area (TPSA) is 66.4 Å². The van der Waals surface area contributed by atoms with E-state index in [2.05, 4.69) is 4.72 Å². The Balaban J connectivity index is 2.16. The number of aliphatic hydroxyl groups is 1. The molecule has 1 atom stereocenters. The van der Waals surface area contributed by atoms with E-state index in [1.165, 1.54) is 30.6 Å². The van der Waals surface area contributed by atoms with Crippen LogP contribution in [0.2, 0.25) is 0 Å². The third-order valence-electron chi connectivity index (χ3n) is 4.33. The molecule has 1 aliphatic rings. The van der Waals surface area contributed by atoms with Crippen LogP contribution in [0.5, 0.6) is 0 Å². The third-order valence-corrected chi connectivity index (χ3v) is 7.11. The minimum absolute atomic E-state index is 0.0205. The van der Waals surface area contributed by atoms with Gasteiger partial charge < -0.3 is 5.11 Å². The lowest BCUT2D eigenvalue weighted by Crippen LogP contribution is -2.40. The molecule has 0 amide bonds. The van der Waals surface area contributed by atoms with Gasteiger partial charge in [-0.05, 0) is 38.2 Å². The summed E-state index contributed by atoms with van der Waals surface area (Å²) in [5.74, 6) is 0.453. The lowest BCUT2D eigenvalue weighted by atomic mass is 9.83. The first-order valence-corrected chi connectivity index (χ1v) is 10.0. The van der Waals surface area contributed by atoms with Gasteiger partial charge in [0.05, 0.1) is 11.5 Å². The number of aryl methyl sites for hydroxylation is 1. The van der Waals surface area contributed by atoms with Crippen LogP contribution in [-0.4, -0.2) is 19.6 Å². The molecular weight excluding hydrogens is 306 g/mol. The van der Waals surface area contributed by atoms with Gasteiger partial charge in [0.25, 0.3) is 0 Å². The molecule has 1 aliphatic carbocycles. The molecule has 1 saturated carbocycles. The highest BCUT2D eigenvalue weighted by Gasteiger charge is 2.28. The molecule has 2 N–H and O–H groups in total. The normalized spacial score (nSPS) is 18.8. The first-order valence-electron chi connectivity index (χ1n) is 7.70. The van der Waals surface area contributed by atoms with Gasteiger partial charge in [-0.1, -0.05) is 26.2 Å². The van der Waals surface area contributed by atoms with E-state index in [4.69, 9.17) is 5.11 Å². The van der Waals surface area contributed by atoms with Gasteiger partial charge in [-0.15, -0.1) is 11.3 Å². The highest BCUT2D eigenvalue weighted by molar-refractivity contribution is 7.89. The second-order valence-corrected chi connectivity index (χ2v) is 8.85. The number of hydrogen-bond donors (Lipinski definition) is 2. The summed E-state index contributed by atoms with van der Waals surface area (Å²) < 4.78 is 28.1. The van der Waals surface area contributed by atoms with Gasteiger partial charge in [-0.3, -0.25) is 0 Å².